The maximum absolute atomic E-state index is 12.5. The number of anilines is 2. The van der Waals surface area contributed by atoms with Crippen LogP contribution in [0.5, 0.6) is 0 Å². The average Bonchev–Trinajstić information content (AvgIpc) is 2.61. The van der Waals surface area contributed by atoms with Crippen LogP contribution in [0.15, 0.2) is 53.6 Å². The lowest BCUT2D eigenvalue weighted by Crippen LogP contribution is -2.28. The van der Waals surface area contributed by atoms with Crippen molar-refractivity contribution >= 4 is 34.1 Å². The summed E-state index contributed by atoms with van der Waals surface area (Å²) >= 11 is 0. The number of fused-ring (bicyclic) bond motifs is 1. The highest BCUT2D eigenvalue weighted by molar-refractivity contribution is 5.95. The van der Waals surface area contributed by atoms with Gasteiger partial charge in [-0.1, -0.05) is 18.2 Å². The third-order valence-electron chi connectivity index (χ3n) is 3.96. The van der Waals surface area contributed by atoms with Crippen LogP contribution in [0.25, 0.3) is 10.9 Å². The summed E-state index contributed by atoms with van der Waals surface area (Å²) in [7, 11) is 0. The minimum atomic E-state index is -0.354. The topological polar surface area (TPSA) is 93.1 Å². The van der Waals surface area contributed by atoms with Crippen molar-refractivity contribution in [3.8, 4) is 0 Å². The van der Waals surface area contributed by atoms with Gasteiger partial charge >= 0.3 is 0 Å². The smallest absolute Gasteiger partial charge is 0.261 e. The number of hydrogen-bond donors (Lipinski definition) is 2. The van der Waals surface area contributed by atoms with Crippen molar-refractivity contribution in [1.29, 1.82) is 0 Å². The Balaban J connectivity index is 1.81. The summed E-state index contributed by atoms with van der Waals surface area (Å²) in [6.45, 7) is 3.06. The maximum atomic E-state index is 12.5. The third kappa shape index (κ3) is 3.61. The van der Waals surface area contributed by atoms with Crippen LogP contribution in [0, 0.1) is 6.92 Å². The SMILES string of the molecule is CC(=O)Nc1cccc(NC(=O)Cn2cnc3ccccc3c2=O)c1C. The van der Waals surface area contributed by atoms with Gasteiger partial charge in [-0.05, 0) is 36.8 Å². The molecule has 1 heterocycles. The quantitative estimate of drug-likeness (QED) is 0.755. The lowest BCUT2D eigenvalue weighted by Gasteiger charge is -2.13. The highest BCUT2D eigenvalue weighted by Crippen LogP contribution is 2.23. The Morgan fingerprint density at radius 1 is 1.04 bits per heavy atom. The van der Waals surface area contributed by atoms with E-state index in [0.29, 0.717) is 22.3 Å². The third-order valence-corrected chi connectivity index (χ3v) is 3.96. The van der Waals surface area contributed by atoms with E-state index in [1.54, 1.807) is 49.4 Å². The molecule has 0 aliphatic heterocycles. The molecule has 0 aliphatic rings. The zero-order valence-electron chi connectivity index (χ0n) is 14.4. The second-order valence-electron chi connectivity index (χ2n) is 5.90. The van der Waals surface area contributed by atoms with Crippen LogP contribution in [0.2, 0.25) is 0 Å². The maximum Gasteiger partial charge on any atom is 0.261 e. The summed E-state index contributed by atoms with van der Waals surface area (Å²) in [6, 6.07) is 12.2. The monoisotopic (exact) mass is 350 g/mol. The van der Waals surface area contributed by atoms with Gasteiger partial charge in [0, 0.05) is 18.3 Å². The predicted octanol–water partition coefficient (Wildman–Crippen LogP) is 2.30. The van der Waals surface area contributed by atoms with Gasteiger partial charge in [-0.25, -0.2) is 4.98 Å². The molecule has 7 nitrogen and oxygen atoms in total. The van der Waals surface area contributed by atoms with Gasteiger partial charge in [0.15, 0.2) is 0 Å². The molecule has 0 unspecified atom stereocenters. The summed E-state index contributed by atoms with van der Waals surface area (Å²) in [5.74, 6) is -0.544. The highest BCUT2D eigenvalue weighted by atomic mass is 16.2. The van der Waals surface area contributed by atoms with E-state index in [4.69, 9.17) is 0 Å². The number of nitrogens with zero attached hydrogens (tertiary/aromatic N) is 2. The molecule has 26 heavy (non-hydrogen) atoms. The Morgan fingerprint density at radius 2 is 1.73 bits per heavy atom. The van der Waals surface area contributed by atoms with E-state index in [1.165, 1.54) is 17.8 Å². The van der Waals surface area contributed by atoms with Gasteiger partial charge in [0.05, 0.1) is 17.2 Å². The van der Waals surface area contributed by atoms with Crippen LogP contribution in [0.3, 0.4) is 0 Å². The molecule has 0 radical (unpaired) electrons. The minimum Gasteiger partial charge on any atom is -0.326 e. The molecular formula is C19H18N4O3. The molecular weight excluding hydrogens is 332 g/mol. The first-order chi connectivity index (χ1) is 12.5. The van der Waals surface area contributed by atoms with Gasteiger partial charge in [-0.3, -0.25) is 19.0 Å². The average molecular weight is 350 g/mol. The van der Waals surface area contributed by atoms with Crippen molar-refractivity contribution < 1.29 is 9.59 Å². The van der Waals surface area contributed by atoms with Crippen LogP contribution in [-0.4, -0.2) is 21.4 Å². The fourth-order valence-corrected chi connectivity index (χ4v) is 2.66. The largest absolute Gasteiger partial charge is 0.326 e. The van der Waals surface area contributed by atoms with E-state index in [-0.39, 0.29) is 23.9 Å². The summed E-state index contributed by atoms with van der Waals surface area (Å²) < 4.78 is 1.27. The molecule has 132 valence electrons. The van der Waals surface area contributed by atoms with Crippen molar-refractivity contribution in [3.63, 3.8) is 0 Å². The molecule has 0 aliphatic carbocycles. The number of para-hydroxylation sites is 1. The van der Waals surface area contributed by atoms with E-state index in [0.717, 1.165) is 5.56 Å². The molecule has 3 aromatic rings. The number of amides is 2. The van der Waals surface area contributed by atoms with Crippen LogP contribution in [-0.2, 0) is 16.1 Å². The molecule has 0 bridgehead atoms. The number of aromatic nitrogens is 2. The number of benzene rings is 2. The molecule has 0 saturated heterocycles. The van der Waals surface area contributed by atoms with Crippen molar-refractivity contribution in [2.75, 3.05) is 10.6 Å². The number of hydrogen-bond acceptors (Lipinski definition) is 4. The van der Waals surface area contributed by atoms with Crippen molar-refractivity contribution in [1.82, 2.24) is 9.55 Å². The zero-order valence-corrected chi connectivity index (χ0v) is 14.4. The normalized spacial score (nSPS) is 10.5. The van der Waals surface area contributed by atoms with Crippen molar-refractivity contribution in [2.24, 2.45) is 0 Å². The van der Waals surface area contributed by atoms with Crippen LogP contribution >= 0.6 is 0 Å². The van der Waals surface area contributed by atoms with E-state index in [2.05, 4.69) is 15.6 Å². The number of carbonyl (C=O) groups excluding carboxylic acids is 2. The van der Waals surface area contributed by atoms with Gasteiger partial charge in [-0.15, -0.1) is 0 Å². The molecule has 1 aromatic heterocycles. The lowest BCUT2D eigenvalue weighted by atomic mass is 10.1. The van der Waals surface area contributed by atoms with Gasteiger partial charge in [0.2, 0.25) is 11.8 Å². The second-order valence-corrected chi connectivity index (χ2v) is 5.90. The Morgan fingerprint density at radius 3 is 2.46 bits per heavy atom. The Kier molecular flexibility index (Phi) is 4.79. The molecule has 2 aromatic carbocycles. The minimum absolute atomic E-state index is 0.152. The first-order valence-corrected chi connectivity index (χ1v) is 8.07. The lowest BCUT2D eigenvalue weighted by molar-refractivity contribution is -0.117. The van der Waals surface area contributed by atoms with E-state index >= 15 is 0 Å². The predicted molar refractivity (Wildman–Crippen MR) is 100 cm³/mol. The number of nitrogens with one attached hydrogen (secondary N) is 2. The molecule has 2 amide bonds. The van der Waals surface area contributed by atoms with Gasteiger partial charge < -0.3 is 10.6 Å². The fourth-order valence-electron chi connectivity index (χ4n) is 2.66. The zero-order chi connectivity index (χ0) is 18.7. The van der Waals surface area contributed by atoms with Crippen LogP contribution in [0.1, 0.15) is 12.5 Å². The highest BCUT2D eigenvalue weighted by Gasteiger charge is 2.11. The van der Waals surface area contributed by atoms with Gasteiger partial charge in [-0.2, -0.15) is 0 Å². The number of rotatable bonds is 4. The van der Waals surface area contributed by atoms with E-state index in [1.807, 2.05) is 0 Å². The van der Waals surface area contributed by atoms with Crippen LogP contribution in [0.4, 0.5) is 11.4 Å². The molecule has 0 atom stereocenters. The standard InChI is InChI=1S/C19H18N4O3/c1-12-15(21-13(2)24)8-5-9-16(12)22-18(25)10-23-11-20-17-7-4-3-6-14(17)19(23)26/h3-9,11H,10H2,1-2H3,(H,21,24)(H,22,25). The summed E-state index contributed by atoms with van der Waals surface area (Å²) in [5, 5.41) is 5.94. The molecule has 3 rings (SSSR count). The Labute approximate surface area is 149 Å². The molecule has 0 fully saturated rings. The molecule has 2 N–H and O–H groups in total. The van der Waals surface area contributed by atoms with Crippen molar-refractivity contribution in [3.05, 3.63) is 64.7 Å². The molecule has 0 spiro atoms. The number of carbonyl (C=O) groups is 2. The Hall–Kier alpha value is -3.48. The van der Waals surface area contributed by atoms with E-state index in [9.17, 15) is 14.4 Å². The molecule has 0 saturated carbocycles. The van der Waals surface area contributed by atoms with Gasteiger partial charge in [0.25, 0.3) is 5.56 Å². The van der Waals surface area contributed by atoms with E-state index < -0.39 is 0 Å². The fraction of sp³-hybridized carbons (Fsp3) is 0.158. The Bertz CT molecular complexity index is 1060. The summed E-state index contributed by atoms with van der Waals surface area (Å²) in [4.78, 5) is 40.3. The molecule has 7 heteroatoms. The van der Waals surface area contributed by atoms with Crippen LogP contribution < -0.4 is 16.2 Å². The van der Waals surface area contributed by atoms with Gasteiger partial charge in [0.1, 0.15) is 6.54 Å². The summed E-state index contributed by atoms with van der Waals surface area (Å²) in [5.41, 5.74) is 2.25. The first-order valence-electron chi connectivity index (χ1n) is 8.07. The second kappa shape index (κ2) is 7.18. The first kappa shape index (κ1) is 17.3. The summed E-state index contributed by atoms with van der Waals surface area (Å²) in [6.07, 6.45) is 1.37. The van der Waals surface area contributed by atoms with Crippen molar-refractivity contribution in [2.45, 2.75) is 20.4 Å².